The molecule has 2 aromatic rings. The molecular weight excluding hydrogens is 231 g/mol. The molecule has 0 bridgehead atoms. The molecule has 1 aromatic heterocycles. The van der Waals surface area contributed by atoms with Crippen LogP contribution in [0.4, 0.5) is 4.39 Å². The van der Waals surface area contributed by atoms with Gasteiger partial charge in [0.2, 0.25) is 5.88 Å². The van der Waals surface area contributed by atoms with E-state index in [1.165, 1.54) is 6.07 Å². The van der Waals surface area contributed by atoms with Crippen LogP contribution >= 0.6 is 0 Å². The molecule has 1 heterocycles. The SMILES string of the molecule is CNCc1ccnc(OCc2ccccc2F)c1. The Labute approximate surface area is 106 Å². The highest BCUT2D eigenvalue weighted by atomic mass is 19.1. The average molecular weight is 246 g/mol. The number of rotatable bonds is 5. The Morgan fingerprint density at radius 2 is 2.11 bits per heavy atom. The van der Waals surface area contributed by atoms with Crippen LogP contribution in [0.3, 0.4) is 0 Å². The average Bonchev–Trinajstić information content (AvgIpc) is 2.39. The molecule has 0 saturated carbocycles. The van der Waals surface area contributed by atoms with Crippen LogP contribution in [0.5, 0.6) is 5.88 Å². The van der Waals surface area contributed by atoms with Gasteiger partial charge in [0, 0.05) is 24.4 Å². The first-order chi connectivity index (χ1) is 8.79. The fraction of sp³-hybridized carbons (Fsp3) is 0.214. The van der Waals surface area contributed by atoms with Crippen molar-refractivity contribution in [3.63, 3.8) is 0 Å². The molecule has 0 atom stereocenters. The molecule has 1 aromatic carbocycles. The minimum absolute atomic E-state index is 0.183. The lowest BCUT2D eigenvalue weighted by Crippen LogP contribution is -2.06. The summed E-state index contributed by atoms with van der Waals surface area (Å²) in [6, 6.07) is 10.3. The summed E-state index contributed by atoms with van der Waals surface area (Å²) in [5.41, 5.74) is 1.61. The molecule has 0 aliphatic rings. The Morgan fingerprint density at radius 1 is 1.28 bits per heavy atom. The van der Waals surface area contributed by atoms with E-state index in [4.69, 9.17) is 4.74 Å². The molecule has 0 saturated heterocycles. The van der Waals surface area contributed by atoms with Gasteiger partial charge in [-0.2, -0.15) is 0 Å². The first kappa shape index (κ1) is 12.5. The van der Waals surface area contributed by atoms with Crippen molar-refractivity contribution in [3.8, 4) is 5.88 Å². The number of hydrogen-bond acceptors (Lipinski definition) is 3. The van der Waals surface area contributed by atoms with Gasteiger partial charge in [0.25, 0.3) is 0 Å². The number of aromatic nitrogens is 1. The van der Waals surface area contributed by atoms with Crippen molar-refractivity contribution in [2.24, 2.45) is 0 Å². The lowest BCUT2D eigenvalue weighted by atomic mass is 10.2. The summed E-state index contributed by atoms with van der Waals surface area (Å²) < 4.78 is 18.9. The molecule has 0 spiro atoms. The molecule has 18 heavy (non-hydrogen) atoms. The lowest BCUT2D eigenvalue weighted by Gasteiger charge is -2.07. The molecule has 1 N–H and O–H groups in total. The second-order valence-corrected chi connectivity index (χ2v) is 3.91. The molecule has 3 nitrogen and oxygen atoms in total. The van der Waals surface area contributed by atoms with E-state index in [2.05, 4.69) is 10.3 Å². The predicted octanol–water partition coefficient (Wildman–Crippen LogP) is 2.52. The maximum absolute atomic E-state index is 13.4. The molecular formula is C14H15FN2O. The maximum atomic E-state index is 13.4. The molecule has 94 valence electrons. The van der Waals surface area contributed by atoms with Crippen molar-refractivity contribution >= 4 is 0 Å². The first-order valence-corrected chi connectivity index (χ1v) is 5.75. The number of nitrogens with one attached hydrogen (secondary N) is 1. The van der Waals surface area contributed by atoms with Gasteiger partial charge in [-0.3, -0.25) is 0 Å². The Bertz CT molecular complexity index is 517. The Kier molecular flexibility index (Phi) is 4.25. The van der Waals surface area contributed by atoms with E-state index < -0.39 is 0 Å². The monoisotopic (exact) mass is 246 g/mol. The highest BCUT2D eigenvalue weighted by Crippen LogP contribution is 2.13. The van der Waals surface area contributed by atoms with Gasteiger partial charge in [-0.25, -0.2) is 9.37 Å². The fourth-order valence-electron chi connectivity index (χ4n) is 1.61. The summed E-state index contributed by atoms with van der Waals surface area (Å²) >= 11 is 0. The van der Waals surface area contributed by atoms with Gasteiger partial charge in [0.1, 0.15) is 12.4 Å². The van der Waals surface area contributed by atoms with Gasteiger partial charge < -0.3 is 10.1 Å². The smallest absolute Gasteiger partial charge is 0.213 e. The second-order valence-electron chi connectivity index (χ2n) is 3.91. The molecule has 0 fully saturated rings. The van der Waals surface area contributed by atoms with E-state index in [1.807, 2.05) is 19.2 Å². The van der Waals surface area contributed by atoms with E-state index in [0.29, 0.717) is 11.4 Å². The fourth-order valence-corrected chi connectivity index (χ4v) is 1.61. The van der Waals surface area contributed by atoms with Crippen molar-refractivity contribution < 1.29 is 9.13 Å². The zero-order valence-electron chi connectivity index (χ0n) is 10.2. The second kappa shape index (κ2) is 6.12. The van der Waals surface area contributed by atoms with Crippen LogP contribution in [0.2, 0.25) is 0 Å². The van der Waals surface area contributed by atoms with Gasteiger partial charge in [-0.15, -0.1) is 0 Å². The molecule has 0 aliphatic carbocycles. The number of hydrogen-bond donors (Lipinski definition) is 1. The Morgan fingerprint density at radius 3 is 2.89 bits per heavy atom. The van der Waals surface area contributed by atoms with E-state index in [1.54, 1.807) is 24.4 Å². The van der Waals surface area contributed by atoms with Gasteiger partial charge in [-0.05, 0) is 24.7 Å². The lowest BCUT2D eigenvalue weighted by molar-refractivity contribution is 0.287. The number of nitrogens with zero attached hydrogens (tertiary/aromatic N) is 1. The van der Waals surface area contributed by atoms with Crippen LogP contribution in [0.15, 0.2) is 42.6 Å². The normalized spacial score (nSPS) is 10.3. The quantitative estimate of drug-likeness (QED) is 0.880. The van der Waals surface area contributed by atoms with Crippen LogP contribution in [-0.2, 0) is 13.2 Å². The highest BCUT2D eigenvalue weighted by Gasteiger charge is 2.03. The topological polar surface area (TPSA) is 34.2 Å². The van der Waals surface area contributed by atoms with Crippen molar-refractivity contribution in [2.45, 2.75) is 13.2 Å². The number of pyridine rings is 1. The van der Waals surface area contributed by atoms with Crippen LogP contribution in [0, 0.1) is 5.82 Å². The van der Waals surface area contributed by atoms with Gasteiger partial charge in [0.05, 0.1) is 0 Å². The van der Waals surface area contributed by atoms with Gasteiger partial charge in [0.15, 0.2) is 0 Å². The first-order valence-electron chi connectivity index (χ1n) is 5.75. The Balaban J connectivity index is 2.02. The summed E-state index contributed by atoms with van der Waals surface area (Å²) in [7, 11) is 1.88. The minimum Gasteiger partial charge on any atom is -0.473 e. The maximum Gasteiger partial charge on any atom is 0.213 e. The van der Waals surface area contributed by atoms with E-state index in [9.17, 15) is 4.39 Å². The van der Waals surface area contributed by atoms with Crippen molar-refractivity contribution in [1.82, 2.24) is 10.3 Å². The van der Waals surface area contributed by atoms with E-state index in [-0.39, 0.29) is 12.4 Å². The van der Waals surface area contributed by atoms with E-state index in [0.717, 1.165) is 12.1 Å². The molecule has 0 amide bonds. The predicted molar refractivity (Wildman–Crippen MR) is 67.7 cm³/mol. The Hall–Kier alpha value is -1.94. The van der Waals surface area contributed by atoms with Gasteiger partial charge in [-0.1, -0.05) is 18.2 Å². The van der Waals surface area contributed by atoms with Crippen molar-refractivity contribution in [2.75, 3.05) is 7.05 Å². The van der Waals surface area contributed by atoms with Crippen molar-refractivity contribution in [1.29, 1.82) is 0 Å². The molecule has 0 radical (unpaired) electrons. The van der Waals surface area contributed by atoms with E-state index >= 15 is 0 Å². The summed E-state index contributed by atoms with van der Waals surface area (Å²) in [5.74, 6) is 0.245. The summed E-state index contributed by atoms with van der Waals surface area (Å²) in [4.78, 5) is 4.09. The molecule has 0 aliphatic heterocycles. The zero-order chi connectivity index (χ0) is 12.8. The summed E-state index contributed by atoms with van der Waals surface area (Å²) in [6.45, 7) is 0.932. The summed E-state index contributed by atoms with van der Waals surface area (Å²) in [5, 5.41) is 3.05. The van der Waals surface area contributed by atoms with Crippen LogP contribution in [0.1, 0.15) is 11.1 Å². The third-order valence-electron chi connectivity index (χ3n) is 2.51. The largest absolute Gasteiger partial charge is 0.473 e. The third-order valence-corrected chi connectivity index (χ3v) is 2.51. The third kappa shape index (κ3) is 3.28. The van der Waals surface area contributed by atoms with Crippen molar-refractivity contribution in [3.05, 3.63) is 59.5 Å². The minimum atomic E-state index is -0.260. The molecule has 4 heteroatoms. The van der Waals surface area contributed by atoms with Crippen LogP contribution in [0.25, 0.3) is 0 Å². The number of halogens is 1. The molecule has 2 rings (SSSR count). The zero-order valence-corrected chi connectivity index (χ0v) is 10.2. The van der Waals surface area contributed by atoms with Gasteiger partial charge >= 0.3 is 0 Å². The summed E-state index contributed by atoms with van der Waals surface area (Å²) in [6.07, 6.45) is 1.68. The van der Waals surface area contributed by atoms with Crippen LogP contribution in [-0.4, -0.2) is 12.0 Å². The number of ether oxygens (including phenoxy) is 1. The number of benzene rings is 1. The molecule has 0 unspecified atom stereocenters. The highest BCUT2D eigenvalue weighted by molar-refractivity contribution is 5.22. The standard InChI is InChI=1S/C14H15FN2O/c1-16-9-11-6-7-17-14(8-11)18-10-12-4-2-3-5-13(12)15/h2-8,16H,9-10H2,1H3. The van der Waals surface area contributed by atoms with Crippen LogP contribution < -0.4 is 10.1 Å².